The summed E-state index contributed by atoms with van der Waals surface area (Å²) in [5, 5.41) is 0. The number of carbonyl (C=O) groups is 1. The van der Waals surface area contributed by atoms with Gasteiger partial charge in [-0.15, -0.1) is 0 Å². The molecule has 1 rings (SSSR count). The Bertz CT molecular complexity index is 448. The molecular formula is C16H23IO4. The van der Waals surface area contributed by atoms with E-state index in [4.69, 9.17) is 14.2 Å². The van der Waals surface area contributed by atoms with Gasteiger partial charge in [0, 0.05) is 17.1 Å². The fourth-order valence-electron chi connectivity index (χ4n) is 1.98. The second-order valence-electron chi connectivity index (χ2n) is 5.31. The summed E-state index contributed by atoms with van der Waals surface area (Å²) < 4.78 is 17.3. The summed E-state index contributed by atoms with van der Waals surface area (Å²) >= 11 is 2.25. The first-order valence-corrected chi connectivity index (χ1v) is 8.08. The minimum absolute atomic E-state index is 0.154. The van der Waals surface area contributed by atoms with Crippen molar-refractivity contribution in [2.45, 2.75) is 39.4 Å². The fourth-order valence-corrected chi connectivity index (χ4v) is 2.67. The maximum absolute atomic E-state index is 11.8. The molecule has 0 aromatic heterocycles. The molecular weight excluding hydrogens is 383 g/mol. The summed E-state index contributed by atoms with van der Waals surface area (Å²) in [7, 11) is 1.57. The van der Waals surface area contributed by atoms with E-state index in [-0.39, 0.29) is 30.9 Å². The summed E-state index contributed by atoms with van der Waals surface area (Å²) in [6, 6.07) is 7.90. The van der Waals surface area contributed by atoms with E-state index in [2.05, 4.69) is 22.6 Å². The molecule has 0 bridgehead atoms. The highest BCUT2D eigenvalue weighted by Gasteiger charge is 2.25. The van der Waals surface area contributed by atoms with Crippen LogP contribution >= 0.6 is 22.6 Å². The monoisotopic (exact) mass is 406 g/mol. The SMILES string of the molecule is COCO[C@@H](c1ccccc1I)[C@H](C)OC(=O)CC(C)C. The van der Waals surface area contributed by atoms with Crippen molar-refractivity contribution in [3.05, 3.63) is 33.4 Å². The lowest BCUT2D eigenvalue weighted by Gasteiger charge is -2.25. The lowest BCUT2D eigenvalue weighted by atomic mass is 10.1. The van der Waals surface area contributed by atoms with Crippen LogP contribution in [-0.4, -0.2) is 26.0 Å². The summed E-state index contributed by atoms with van der Waals surface area (Å²) in [4.78, 5) is 11.8. The Balaban J connectivity index is 2.82. The number of hydrogen-bond acceptors (Lipinski definition) is 4. The van der Waals surface area contributed by atoms with Crippen LogP contribution < -0.4 is 0 Å². The summed E-state index contributed by atoms with van der Waals surface area (Å²) in [5.74, 6) is 0.0781. The summed E-state index contributed by atoms with van der Waals surface area (Å²) in [5.41, 5.74) is 1.000. The van der Waals surface area contributed by atoms with E-state index in [1.54, 1.807) is 7.11 Å². The highest BCUT2D eigenvalue weighted by molar-refractivity contribution is 14.1. The van der Waals surface area contributed by atoms with Crippen molar-refractivity contribution in [1.29, 1.82) is 0 Å². The first kappa shape index (κ1) is 18.4. The van der Waals surface area contributed by atoms with Crippen molar-refractivity contribution in [3.8, 4) is 0 Å². The van der Waals surface area contributed by atoms with E-state index in [1.807, 2.05) is 45.0 Å². The predicted molar refractivity (Wildman–Crippen MR) is 89.9 cm³/mol. The number of esters is 1. The molecule has 0 saturated heterocycles. The Kier molecular flexibility index (Phi) is 8.21. The molecule has 2 atom stereocenters. The van der Waals surface area contributed by atoms with Crippen LogP contribution in [0.5, 0.6) is 0 Å². The van der Waals surface area contributed by atoms with Gasteiger partial charge in [0.2, 0.25) is 0 Å². The molecule has 21 heavy (non-hydrogen) atoms. The number of rotatable bonds is 8. The minimum Gasteiger partial charge on any atom is -0.460 e. The van der Waals surface area contributed by atoms with Crippen molar-refractivity contribution in [2.75, 3.05) is 13.9 Å². The van der Waals surface area contributed by atoms with Crippen molar-refractivity contribution in [2.24, 2.45) is 5.92 Å². The molecule has 0 amide bonds. The molecule has 0 fully saturated rings. The molecule has 1 aromatic rings. The average Bonchev–Trinajstić information content (AvgIpc) is 2.40. The summed E-state index contributed by atoms with van der Waals surface area (Å²) in [6.45, 7) is 5.99. The Labute approximate surface area is 140 Å². The number of hydrogen-bond donors (Lipinski definition) is 0. The predicted octanol–water partition coefficient (Wildman–Crippen LogP) is 3.93. The lowest BCUT2D eigenvalue weighted by Crippen LogP contribution is -2.26. The van der Waals surface area contributed by atoms with E-state index in [0.717, 1.165) is 9.13 Å². The van der Waals surface area contributed by atoms with E-state index in [0.29, 0.717) is 6.42 Å². The van der Waals surface area contributed by atoms with Crippen LogP contribution in [0.25, 0.3) is 0 Å². The van der Waals surface area contributed by atoms with Gasteiger partial charge in [0.05, 0.1) is 0 Å². The smallest absolute Gasteiger partial charge is 0.306 e. The van der Waals surface area contributed by atoms with Gasteiger partial charge in [-0.1, -0.05) is 32.0 Å². The van der Waals surface area contributed by atoms with Crippen LogP contribution in [0.4, 0.5) is 0 Å². The third-order valence-corrected chi connectivity index (χ3v) is 3.88. The highest BCUT2D eigenvalue weighted by atomic mass is 127. The molecule has 1 aromatic carbocycles. The van der Waals surface area contributed by atoms with Gasteiger partial charge in [0.15, 0.2) is 0 Å². The largest absolute Gasteiger partial charge is 0.460 e. The highest BCUT2D eigenvalue weighted by Crippen LogP contribution is 2.28. The van der Waals surface area contributed by atoms with Crippen molar-refractivity contribution in [3.63, 3.8) is 0 Å². The Hall–Kier alpha value is -0.660. The van der Waals surface area contributed by atoms with Crippen molar-refractivity contribution in [1.82, 2.24) is 0 Å². The normalized spacial score (nSPS) is 14.0. The number of methoxy groups -OCH3 is 1. The van der Waals surface area contributed by atoms with Gasteiger partial charge >= 0.3 is 5.97 Å². The van der Waals surface area contributed by atoms with Gasteiger partial charge in [0.1, 0.15) is 19.0 Å². The Morgan fingerprint density at radius 1 is 1.24 bits per heavy atom. The third-order valence-electron chi connectivity index (χ3n) is 2.90. The van der Waals surface area contributed by atoms with Gasteiger partial charge in [-0.3, -0.25) is 4.79 Å². The van der Waals surface area contributed by atoms with Crippen LogP contribution in [0.3, 0.4) is 0 Å². The van der Waals surface area contributed by atoms with Crippen molar-refractivity contribution < 1.29 is 19.0 Å². The molecule has 0 unspecified atom stereocenters. The van der Waals surface area contributed by atoms with Gasteiger partial charge < -0.3 is 14.2 Å². The third kappa shape index (κ3) is 6.32. The zero-order valence-electron chi connectivity index (χ0n) is 13.0. The zero-order chi connectivity index (χ0) is 15.8. The second kappa shape index (κ2) is 9.38. The first-order chi connectivity index (χ1) is 9.95. The van der Waals surface area contributed by atoms with Gasteiger partial charge in [-0.2, -0.15) is 0 Å². The van der Waals surface area contributed by atoms with Gasteiger partial charge in [-0.25, -0.2) is 0 Å². The summed E-state index contributed by atoms with van der Waals surface area (Å²) in [6.07, 6.45) is -0.302. The molecule has 0 N–H and O–H groups in total. The zero-order valence-corrected chi connectivity index (χ0v) is 15.1. The van der Waals surface area contributed by atoms with Crippen LogP contribution in [0.2, 0.25) is 0 Å². The standard InChI is InChI=1S/C16H23IO4/c1-11(2)9-15(18)21-12(3)16(20-10-19-4)13-7-5-6-8-14(13)17/h5-8,11-12,16H,9-10H2,1-4H3/t12-,16+/m0/s1. The number of halogens is 1. The maximum atomic E-state index is 11.8. The van der Waals surface area contributed by atoms with E-state index >= 15 is 0 Å². The Morgan fingerprint density at radius 3 is 2.48 bits per heavy atom. The molecule has 0 aliphatic heterocycles. The molecule has 0 saturated carbocycles. The van der Waals surface area contributed by atoms with Crippen molar-refractivity contribution >= 4 is 28.6 Å². The van der Waals surface area contributed by atoms with E-state index < -0.39 is 0 Å². The molecule has 0 aliphatic rings. The van der Waals surface area contributed by atoms with Gasteiger partial charge in [-0.05, 0) is 47.1 Å². The van der Waals surface area contributed by atoms with E-state index in [9.17, 15) is 4.79 Å². The van der Waals surface area contributed by atoms with Crippen LogP contribution in [0.1, 0.15) is 38.9 Å². The topological polar surface area (TPSA) is 44.8 Å². The Morgan fingerprint density at radius 2 is 1.90 bits per heavy atom. The first-order valence-electron chi connectivity index (χ1n) is 7.00. The number of benzene rings is 1. The maximum Gasteiger partial charge on any atom is 0.306 e. The molecule has 0 aliphatic carbocycles. The fraction of sp³-hybridized carbons (Fsp3) is 0.562. The van der Waals surface area contributed by atoms with Crippen LogP contribution in [0, 0.1) is 9.49 Å². The quantitative estimate of drug-likeness (QED) is 0.373. The number of carbonyl (C=O) groups excluding carboxylic acids is 1. The van der Waals surface area contributed by atoms with Crippen LogP contribution in [0.15, 0.2) is 24.3 Å². The number of ether oxygens (including phenoxy) is 3. The molecule has 0 spiro atoms. The average molecular weight is 406 g/mol. The molecule has 118 valence electrons. The molecule has 0 heterocycles. The minimum atomic E-state index is -0.373. The van der Waals surface area contributed by atoms with Gasteiger partial charge in [0.25, 0.3) is 0 Å². The van der Waals surface area contributed by atoms with E-state index in [1.165, 1.54) is 0 Å². The molecule has 5 heteroatoms. The molecule has 4 nitrogen and oxygen atoms in total. The second-order valence-corrected chi connectivity index (χ2v) is 6.47. The molecule has 0 radical (unpaired) electrons. The lowest BCUT2D eigenvalue weighted by molar-refractivity contribution is -0.165. The van der Waals surface area contributed by atoms with Crippen LogP contribution in [-0.2, 0) is 19.0 Å².